The van der Waals surface area contributed by atoms with Gasteiger partial charge in [0.05, 0.1) is 6.10 Å². The van der Waals surface area contributed by atoms with Crippen molar-refractivity contribution in [2.75, 3.05) is 21.1 Å². The van der Waals surface area contributed by atoms with Crippen molar-refractivity contribution in [1.29, 1.82) is 0 Å². The van der Waals surface area contributed by atoms with Crippen LogP contribution in [0, 0.1) is 0 Å². The largest absolute Gasteiger partial charge is 0.387 e. The maximum absolute atomic E-state index is 11.2. The number of rotatable bonds is 2. The summed E-state index contributed by atoms with van der Waals surface area (Å²) >= 11 is 0. The first kappa shape index (κ1) is 13.2. The Hall–Kier alpha value is -0.850. The number of amides is 2. The van der Waals surface area contributed by atoms with Crippen LogP contribution < -0.4 is 10.6 Å². The first-order valence-electron chi connectivity index (χ1n) is 5.44. The predicted molar refractivity (Wildman–Crippen MR) is 60.0 cm³/mol. The van der Waals surface area contributed by atoms with Crippen LogP contribution in [0.5, 0.6) is 0 Å². The molecule has 1 fully saturated rings. The topological polar surface area (TPSA) is 73.8 Å². The molecular formula is C10H21N3O3. The molecule has 2 unspecified atom stereocenters. The number of aliphatic hydroxyl groups excluding tert-OH is 1. The molecule has 94 valence electrons. The molecule has 1 saturated heterocycles. The summed E-state index contributed by atoms with van der Waals surface area (Å²) in [5.41, 5.74) is 0. The van der Waals surface area contributed by atoms with Gasteiger partial charge < -0.3 is 25.4 Å². The summed E-state index contributed by atoms with van der Waals surface area (Å²) in [6, 6.07) is -0.360. The smallest absolute Gasteiger partial charge is 0.316 e. The standard InChI is InChI=1S/C10H21N3O3/c1-6-5-7(13(3)4)8(14)9(16-6)12-10(15)11-2/h6-9,14H,5H2,1-4H3,(H2,11,12,15)/t6?,7-,8+,9?/m0/s1. The van der Waals surface area contributed by atoms with Crippen molar-refractivity contribution < 1.29 is 14.6 Å². The minimum Gasteiger partial charge on any atom is -0.387 e. The Morgan fingerprint density at radius 1 is 1.50 bits per heavy atom. The number of nitrogens with one attached hydrogen (secondary N) is 2. The Kier molecular flexibility index (Phi) is 4.52. The van der Waals surface area contributed by atoms with Gasteiger partial charge in [0.25, 0.3) is 0 Å². The van der Waals surface area contributed by atoms with E-state index in [0.29, 0.717) is 0 Å². The zero-order valence-corrected chi connectivity index (χ0v) is 10.2. The van der Waals surface area contributed by atoms with E-state index in [9.17, 15) is 9.90 Å². The van der Waals surface area contributed by atoms with Crippen molar-refractivity contribution >= 4 is 6.03 Å². The maximum atomic E-state index is 11.2. The SMILES string of the molecule is CNC(=O)NC1OC(C)C[C@H](N(C)C)[C@H]1O. The third-order valence-corrected chi connectivity index (χ3v) is 2.82. The van der Waals surface area contributed by atoms with Gasteiger partial charge in [-0.3, -0.25) is 0 Å². The highest BCUT2D eigenvalue weighted by Gasteiger charge is 2.37. The summed E-state index contributed by atoms with van der Waals surface area (Å²) in [6.07, 6.45) is -0.613. The highest BCUT2D eigenvalue weighted by Crippen LogP contribution is 2.21. The number of carbonyl (C=O) groups excluding carboxylic acids is 1. The number of urea groups is 1. The van der Waals surface area contributed by atoms with E-state index < -0.39 is 12.3 Å². The minimum absolute atomic E-state index is 0.00842. The van der Waals surface area contributed by atoms with E-state index in [2.05, 4.69) is 10.6 Å². The van der Waals surface area contributed by atoms with E-state index in [0.717, 1.165) is 6.42 Å². The molecule has 16 heavy (non-hydrogen) atoms. The van der Waals surface area contributed by atoms with Crippen LogP contribution in [0.15, 0.2) is 0 Å². The summed E-state index contributed by atoms with van der Waals surface area (Å²) < 4.78 is 5.50. The van der Waals surface area contributed by atoms with Crippen molar-refractivity contribution in [3.8, 4) is 0 Å². The second kappa shape index (κ2) is 5.47. The number of nitrogens with zero attached hydrogens (tertiary/aromatic N) is 1. The van der Waals surface area contributed by atoms with E-state index in [1.165, 1.54) is 7.05 Å². The quantitative estimate of drug-likeness (QED) is 0.590. The molecule has 0 spiro atoms. The second-order valence-corrected chi connectivity index (χ2v) is 4.35. The molecule has 4 atom stereocenters. The summed E-state index contributed by atoms with van der Waals surface area (Å²) in [7, 11) is 5.34. The Balaban J connectivity index is 2.65. The van der Waals surface area contributed by atoms with E-state index in [4.69, 9.17) is 4.74 Å². The highest BCUT2D eigenvalue weighted by atomic mass is 16.5. The molecule has 0 bridgehead atoms. The molecule has 0 aromatic heterocycles. The van der Waals surface area contributed by atoms with Gasteiger partial charge in [0.15, 0.2) is 6.23 Å². The van der Waals surface area contributed by atoms with E-state index in [1.54, 1.807) is 0 Å². The fraction of sp³-hybridized carbons (Fsp3) is 0.900. The maximum Gasteiger partial charge on any atom is 0.316 e. The van der Waals surface area contributed by atoms with Gasteiger partial charge in [-0.2, -0.15) is 0 Å². The molecule has 1 heterocycles. The Morgan fingerprint density at radius 3 is 2.62 bits per heavy atom. The molecular weight excluding hydrogens is 210 g/mol. The summed E-state index contributed by atoms with van der Waals surface area (Å²) in [6.45, 7) is 1.93. The van der Waals surface area contributed by atoms with Gasteiger partial charge in [-0.05, 0) is 27.4 Å². The van der Waals surface area contributed by atoms with Gasteiger partial charge in [-0.1, -0.05) is 0 Å². The second-order valence-electron chi connectivity index (χ2n) is 4.35. The van der Waals surface area contributed by atoms with Crippen LogP contribution in [-0.2, 0) is 4.74 Å². The van der Waals surface area contributed by atoms with Gasteiger partial charge in [0, 0.05) is 13.1 Å². The van der Waals surface area contributed by atoms with Gasteiger partial charge in [0.1, 0.15) is 6.10 Å². The lowest BCUT2D eigenvalue weighted by atomic mass is 9.98. The molecule has 2 amide bonds. The number of carbonyl (C=O) groups is 1. The summed E-state index contributed by atoms with van der Waals surface area (Å²) in [4.78, 5) is 13.1. The van der Waals surface area contributed by atoms with Crippen LogP contribution in [0.4, 0.5) is 4.79 Å². The number of hydrogen-bond donors (Lipinski definition) is 3. The average Bonchev–Trinajstić information content (AvgIpc) is 2.22. The van der Waals surface area contributed by atoms with Gasteiger partial charge in [-0.25, -0.2) is 4.79 Å². The highest BCUT2D eigenvalue weighted by molar-refractivity contribution is 5.73. The number of aliphatic hydroxyl groups is 1. The van der Waals surface area contributed by atoms with Crippen LogP contribution in [0.25, 0.3) is 0 Å². The minimum atomic E-state index is -0.719. The molecule has 6 nitrogen and oxygen atoms in total. The third-order valence-electron chi connectivity index (χ3n) is 2.82. The van der Waals surface area contributed by atoms with E-state index in [-0.39, 0.29) is 18.2 Å². The summed E-state index contributed by atoms with van der Waals surface area (Å²) in [5, 5.41) is 15.1. The zero-order valence-electron chi connectivity index (χ0n) is 10.2. The molecule has 0 saturated carbocycles. The van der Waals surface area contributed by atoms with Gasteiger partial charge in [-0.15, -0.1) is 0 Å². The fourth-order valence-corrected chi connectivity index (χ4v) is 1.90. The van der Waals surface area contributed by atoms with E-state index in [1.807, 2.05) is 25.9 Å². The summed E-state index contributed by atoms with van der Waals surface area (Å²) in [5.74, 6) is 0. The zero-order chi connectivity index (χ0) is 12.3. The van der Waals surface area contributed by atoms with Crippen LogP contribution in [0.3, 0.4) is 0 Å². The van der Waals surface area contributed by atoms with Crippen LogP contribution >= 0.6 is 0 Å². The van der Waals surface area contributed by atoms with Crippen molar-refractivity contribution in [1.82, 2.24) is 15.5 Å². The lowest BCUT2D eigenvalue weighted by molar-refractivity contribution is -0.149. The van der Waals surface area contributed by atoms with Crippen molar-refractivity contribution in [2.24, 2.45) is 0 Å². The van der Waals surface area contributed by atoms with Gasteiger partial charge in [0.2, 0.25) is 0 Å². The molecule has 0 radical (unpaired) electrons. The normalized spacial score (nSPS) is 34.9. The lowest BCUT2D eigenvalue weighted by Gasteiger charge is -2.41. The number of hydrogen-bond acceptors (Lipinski definition) is 4. The molecule has 3 N–H and O–H groups in total. The molecule has 1 aliphatic rings. The van der Waals surface area contributed by atoms with Crippen LogP contribution in [0.2, 0.25) is 0 Å². The Morgan fingerprint density at radius 2 is 2.12 bits per heavy atom. The third kappa shape index (κ3) is 3.07. The van der Waals surface area contributed by atoms with Crippen molar-refractivity contribution in [3.63, 3.8) is 0 Å². The van der Waals surface area contributed by atoms with Crippen molar-refractivity contribution in [2.45, 2.75) is 37.8 Å². The molecule has 6 heteroatoms. The molecule has 1 aliphatic heterocycles. The molecule has 0 aromatic rings. The first-order valence-corrected chi connectivity index (χ1v) is 5.44. The number of likely N-dealkylation sites (N-methyl/N-ethyl adjacent to an activating group) is 1. The predicted octanol–water partition coefficient (Wildman–Crippen LogP) is -0.659. The van der Waals surface area contributed by atoms with E-state index >= 15 is 0 Å². The Labute approximate surface area is 95.9 Å². The molecule has 0 aliphatic carbocycles. The van der Waals surface area contributed by atoms with Gasteiger partial charge >= 0.3 is 6.03 Å². The fourth-order valence-electron chi connectivity index (χ4n) is 1.90. The monoisotopic (exact) mass is 231 g/mol. The lowest BCUT2D eigenvalue weighted by Crippen LogP contribution is -2.60. The van der Waals surface area contributed by atoms with Crippen LogP contribution in [0.1, 0.15) is 13.3 Å². The average molecular weight is 231 g/mol. The Bertz CT molecular complexity index is 247. The molecule has 0 aromatic carbocycles. The number of ether oxygens (including phenoxy) is 1. The molecule has 1 rings (SSSR count). The first-order chi connectivity index (χ1) is 7.45. The van der Waals surface area contributed by atoms with Crippen LogP contribution in [-0.4, -0.2) is 61.7 Å². The van der Waals surface area contributed by atoms with Crippen molar-refractivity contribution in [3.05, 3.63) is 0 Å².